The molecule has 2 fully saturated rings. The highest BCUT2D eigenvalue weighted by Crippen LogP contribution is 2.31. The smallest absolute Gasteiger partial charge is 0.256 e. The second-order valence-electron chi connectivity index (χ2n) is 6.52. The van der Waals surface area contributed by atoms with Crippen LogP contribution in [0.5, 0.6) is 0 Å². The summed E-state index contributed by atoms with van der Waals surface area (Å²) in [6.45, 7) is 3.51. The van der Waals surface area contributed by atoms with Gasteiger partial charge in [-0.3, -0.25) is 4.79 Å². The second-order valence-corrected chi connectivity index (χ2v) is 6.93. The van der Waals surface area contributed by atoms with E-state index < -0.39 is 6.10 Å². The number of ether oxygens (including phenoxy) is 1. The SMILES string of the molecule is CN1CCC2(CC1)CN(C(=O)C(O)c1ccccc1Cl)CCO2. The number of rotatable bonds is 2. The third kappa shape index (κ3) is 3.53. The molecular formula is C17H23ClN2O3. The highest BCUT2D eigenvalue weighted by Gasteiger charge is 2.41. The minimum atomic E-state index is -1.22. The number of halogens is 1. The zero-order valence-electron chi connectivity index (χ0n) is 13.4. The summed E-state index contributed by atoms with van der Waals surface area (Å²) in [5.74, 6) is -0.292. The van der Waals surface area contributed by atoms with Gasteiger partial charge in [-0.05, 0) is 26.0 Å². The maximum absolute atomic E-state index is 12.7. The van der Waals surface area contributed by atoms with Crippen molar-refractivity contribution in [2.45, 2.75) is 24.5 Å². The molecule has 1 aromatic carbocycles. The van der Waals surface area contributed by atoms with Gasteiger partial charge < -0.3 is 19.6 Å². The summed E-state index contributed by atoms with van der Waals surface area (Å²) < 4.78 is 6.02. The molecule has 2 aliphatic rings. The first kappa shape index (κ1) is 16.7. The van der Waals surface area contributed by atoms with Crippen molar-refractivity contribution in [2.24, 2.45) is 0 Å². The fourth-order valence-corrected chi connectivity index (χ4v) is 3.60. The molecule has 3 rings (SSSR count). The number of hydrogen-bond donors (Lipinski definition) is 1. The first-order chi connectivity index (χ1) is 11.0. The lowest BCUT2D eigenvalue weighted by molar-refractivity contribution is -0.165. The summed E-state index contributed by atoms with van der Waals surface area (Å²) in [5.41, 5.74) is 0.198. The van der Waals surface area contributed by atoms with Gasteiger partial charge in [0.15, 0.2) is 6.10 Å². The van der Waals surface area contributed by atoms with Gasteiger partial charge in [-0.25, -0.2) is 0 Å². The molecule has 2 aliphatic heterocycles. The van der Waals surface area contributed by atoms with E-state index in [0.29, 0.717) is 30.3 Å². The molecule has 1 amide bonds. The number of nitrogens with zero attached hydrogens (tertiary/aromatic N) is 2. The van der Waals surface area contributed by atoms with Crippen LogP contribution < -0.4 is 0 Å². The Morgan fingerprint density at radius 3 is 2.70 bits per heavy atom. The molecule has 1 spiro atoms. The van der Waals surface area contributed by atoms with Crippen molar-refractivity contribution in [3.8, 4) is 0 Å². The van der Waals surface area contributed by atoms with Crippen molar-refractivity contribution >= 4 is 17.5 Å². The van der Waals surface area contributed by atoms with E-state index in [-0.39, 0.29) is 11.5 Å². The highest BCUT2D eigenvalue weighted by atomic mass is 35.5. The predicted molar refractivity (Wildman–Crippen MR) is 88.4 cm³/mol. The normalized spacial score (nSPS) is 23.0. The number of aliphatic hydroxyl groups excluding tert-OH is 1. The molecule has 0 bridgehead atoms. The number of morpholine rings is 1. The highest BCUT2D eigenvalue weighted by molar-refractivity contribution is 6.31. The van der Waals surface area contributed by atoms with Crippen LogP contribution in [0.2, 0.25) is 5.02 Å². The van der Waals surface area contributed by atoms with Gasteiger partial charge in [0.05, 0.1) is 12.2 Å². The first-order valence-electron chi connectivity index (χ1n) is 8.05. The van der Waals surface area contributed by atoms with Gasteiger partial charge >= 0.3 is 0 Å². The van der Waals surface area contributed by atoms with E-state index in [1.54, 1.807) is 29.2 Å². The van der Waals surface area contributed by atoms with Gasteiger partial charge in [0.2, 0.25) is 0 Å². The zero-order chi connectivity index (χ0) is 16.4. The molecule has 2 heterocycles. The number of benzene rings is 1. The quantitative estimate of drug-likeness (QED) is 0.891. The summed E-state index contributed by atoms with van der Waals surface area (Å²) in [4.78, 5) is 16.7. The largest absolute Gasteiger partial charge is 0.378 e. The monoisotopic (exact) mass is 338 g/mol. The molecule has 126 valence electrons. The maximum Gasteiger partial charge on any atom is 0.256 e. The van der Waals surface area contributed by atoms with E-state index in [2.05, 4.69) is 11.9 Å². The number of hydrogen-bond acceptors (Lipinski definition) is 4. The molecule has 1 unspecified atom stereocenters. The van der Waals surface area contributed by atoms with E-state index in [1.165, 1.54) is 0 Å². The van der Waals surface area contributed by atoms with Crippen LogP contribution in [0.1, 0.15) is 24.5 Å². The Morgan fingerprint density at radius 2 is 2.00 bits per heavy atom. The number of piperidine rings is 1. The number of carbonyl (C=O) groups is 1. The molecule has 5 nitrogen and oxygen atoms in total. The predicted octanol–water partition coefficient (Wildman–Crippen LogP) is 1.70. The van der Waals surface area contributed by atoms with Crippen molar-refractivity contribution in [3.63, 3.8) is 0 Å². The lowest BCUT2D eigenvalue weighted by Gasteiger charge is -2.47. The van der Waals surface area contributed by atoms with Gasteiger partial charge in [-0.2, -0.15) is 0 Å². The third-order valence-electron chi connectivity index (χ3n) is 4.89. The van der Waals surface area contributed by atoms with Crippen LogP contribution in [0.15, 0.2) is 24.3 Å². The zero-order valence-corrected chi connectivity index (χ0v) is 14.1. The van der Waals surface area contributed by atoms with E-state index in [9.17, 15) is 9.90 Å². The minimum Gasteiger partial charge on any atom is -0.378 e. The van der Waals surface area contributed by atoms with Crippen LogP contribution >= 0.6 is 11.6 Å². The molecule has 1 atom stereocenters. The Kier molecular flexibility index (Phi) is 4.92. The fraction of sp³-hybridized carbons (Fsp3) is 0.588. The molecule has 2 saturated heterocycles. The molecule has 23 heavy (non-hydrogen) atoms. The molecule has 1 aromatic rings. The molecule has 0 saturated carbocycles. The Labute approximate surface area is 141 Å². The van der Waals surface area contributed by atoms with Gasteiger partial charge in [0.1, 0.15) is 0 Å². The Balaban J connectivity index is 1.71. The van der Waals surface area contributed by atoms with Crippen molar-refractivity contribution in [2.75, 3.05) is 39.8 Å². The molecule has 1 N–H and O–H groups in total. The number of likely N-dealkylation sites (tertiary alicyclic amines) is 1. The summed E-state index contributed by atoms with van der Waals surface area (Å²) in [6, 6.07) is 6.93. The van der Waals surface area contributed by atoms with Crippen LogP contribution in [0.3, 0.4) is 0 Å². The summed E-state index contributed by atoms with van der Waals surface area (Å²) in [6.07, 6.45) is 0.607. The standard InChI is InChI=1S/C17H23ClN2O3/c1-19-8-6-17(7-9-19)12-20(10-11-23-17)16(22)15(21)13-4-2-3-5-14(13)18/h2-5,15,21H,6-12H2,1H3. The topological polar surface area (TPSA) is 53.0 Å². The average Bonchev–Trinajstić information content (AvgIpc) is 2.57. The van der Waals surface area contributed by atoms with Gasteiger partial charge in [-0.1, -0.05) is 29.8 Å². The molecule has 0 aromatic heterocycles. The number of aliphatic hydroxyl groups is 1. The second kappa shape index (κ2) is 6.77. The van der Waals surface area contributed by atoms with Crippen LogP contribution in [0, 0.1) is 0 Å². The Hall–Kier alpha value is -1.14. The van der Waals surface area contributed by atoms with E-state index >= 15 is 0 Å². The van der Waals surface area contributed by atoms with E-state index in [0.717, 1.165) is 25.9 Å². The first-order valence-corrected chi connectivity index (χ1v) is 8.42. The number of carbonyl (C=O) groups excluding carboxylic acids is 1. The third-order valence-corrected chi connectivity index (χ3v) is 5.24. The molecular weight excluding hydrogens is 316 g/mol. The molecule has 0 aliphatic carbocycles. The summed E-state index contributed by atoms with van der Waals surface area (Å²) in [5, 5.41) is 10.8. The minimum absolute atomic E-state index is 0.263. The number of amides is 1. The Morgan fingerprint density at radius 1 is 1.30 bits per heavy atom. The van der Waals surface area contributed by atoms with Crippen LogP contribution in [0.25, 0.3) is 0 Å². The lowest BCUT2D eigenvalue weighted by atomic mass is 9.89. The van der Waals surface area contributed by atoms with Crippen LogP contribution in [-0.4, -0.2) is 66.2 Å². The average molecular weight is 339 g/mol. The van der Waals surface area contributed by atoms with Gasteiger partial charge in [0.25, 0.3) is 5.91 Å². The maximum atomic E-state index is 12.7. The van der Waals surface area contributed by atoms with Crippen molar-refractivity contribution in [1.29, 1.82) is 0 Å². The van der Waals surface area contributed by atoms with E-state index in [4.69, 9.17) is 16.3 Å². The molecule has 0 radical (unpaired) electrons. The van der Waals surface area contributed by atoms with Gasteiger partial charge in [-0.15, -0.1) is 0 Å². The Bertz CT molecular complexity index is 573. The van der Waals surface area contributed by atoms with Gasteiger partial charge in [0, 0.05) is 36.8 Å². The van der Waals surface area contributed by atoms with Crippen LogP contribution in [0.4, 0.5) is 0 Å². The fourth-order valence-electron chi connectivity index (χ4n) is 3.36. The van der Waals surface area contributed by atoms with Crippen molar-refractivity contribution in [1.82, 2.24) is 9.80 Å². The van der Waals surface area contributed by atoms with Crippen molar-refractivity contribution < 1.29 is 14.6 Å². The van der Waals surface area contributed by atoms with Crippen LogP contribution in [-0.2, 0) is 9.53 Å². The molecule has 6 heteroatoms. The summed E-state index contributed by atoms with van der Waals surface area (Å²) in [7, 11) is 2.10. The van der Waals surface area contributed by atoms with Crippen molar-refractivity contribution in [3.05, 3.63) is 34.9 Å². The summed E-state index contributed by atoms with van der Waals surface area (Å²) >= 11 is 6.10. The van der Waals surface area contributed by atoms with E-state index in [1.807, 2.05) is 0 Å². The lowest BCUT2D eigenvalue weighted by Crippen LogP contribution is -2.58.